The quantitative estimate of drug-likeness (QED) is 0.777. The van der Waals surface area contributed by atoms with Gasteiger partial charge >= 0.3 is 0 Å². The van der Waals surface area contributed by atoms with Crippen LogP contribution in [-0.2, 0) is 10.0 Å². The summed E-state index contributed by atoms with van der Waals surface area (Å²) < 4.78 is 27.9. The molecule has 0 radical (unpaired) electrons. The number of rotatable bonds is 4. The summed E-state index contributed by atoms with van der Waals surface area (Å²) in [6, 6.07) is 13.4. The molecule has 0 aliphatic carbocycles. The van der Waals surface area contributed by atoms with E-state index in [2.05, 4.69) is 21.2 Å². The van der Waals surface area contributed by atoms with Gasteiger partial charge in [0.15, 0.2) is 0 Å². The van der Waals surface area contributed by atoms with Crippen LogP contribution >= 0.6 is 15.9 Å². The maximum absolute atomic E-state index is 12.8. The van der Waals surface area contributed by atoms with Gasteiger partial charge in [-0.1, -0.05) is 25.0 Å². The fraction of sp³-hybridized carbons (Fsp3) is 0.316. The summed E-state index contributed by atoms with van der Waals surface area (Å²) in [4.78, 5) is 12.6. The standard InChI is InChI=1S/C19H21BrN2O3S/c20-17-7-3-4-8-18(17)21-19(23)15-9-11-16(12-10-15)26(24,25)22-13-5-1-2-6-14-22/h3-4,7-12H,1-2,5-6,13-14H2,(H,21,23). The van der Waals surface area contributed by atoms with Crippen LogP contribution in [0.3, 0.4) is 0 Å². The second kappa shape index (κ2) is 8.33. The van der Waals surface area contributed by atoms with Crippen LogP contribution in [0.15, 0.2) is 57.9 Å². The molecular formula is C19H21BrN2O3S. The Morgan fingerprint density at radius 2 is 1.54 bits per heavy atom. The molecule has 2 aromatic carbocycles. The van der Waals surface area contributed by atoms with E-state index in [1.807, 2.05) is 18.2 Å². The van der Waals surface area contributed by atoms with Gasteiger partial charge < -0.3 is 5.32 Å². The van der Waals surface area contributed by atoms with Crippen LogP contribution in [0.25, 0.3) is 0 Å². The molecular weight excluding hydrogens is 416 g/mol. The summed E-state index contributed by atoms with van der Waals surface area (Å²) in [5.41, 5.74) is 1.08. The molecule has 26 heavy (non-hydrogen) atoms. The fourth-order valence-corrected chi connectivity index (χ4v) is 4.87. The average molecular weight is 437 g/mol. The number of nitrogens with zero attached hydrogens (tertiary/aromatic N) is 1. The third kappa shape index (κ3) is 4.34. The van der Waals surface area contributed by atoms with Crippen molar-refractivity contribution in [2.45, 2.75) is 30.6 Å². The minimum absolute atomic E-state index is 0.233. The maximum Gasteiger partial charge on any atom is 0.255 e. The molecule has 1 heterocycles. The first-order valence-electron chi connectivity index (χ1n) is 8.64. The Kier molecular flexibility index (Phi) is 6.11. The van der Waals surface area contributed by atoms with E-state index < -0.39 is 10.0 Å². The zero-order valence-corrected chi connectivity index (χ0v) is 16.7. The molecule has 1 amide bonds. The SMILES string of the molecule is O=C(Nc1ccccc1Br)c1ccc(S(=O)(=O)N2CCCCCC2)cc1. The van der Waals surface area contributed by atoms with Crippen molar-refractivity contribution in [3.63, 3.8) is 0 Å². The third-order valence-corrected chi connectivity index (χ3v) is 7.05. The molecule has 0 bridgehead atoms. The van der Waals surface area contributed by atoms with Crippen LogP contribution in [0.4, 0.5) is 5.69 Å². The topological polar surface area (TPSA) is 66.5 Å². The van der Waals surface area contributed by atoms with Crippen molar-refractivity contribution < 1.29 is 13.2 Å². The number of benzene rings is 2. The highest BCUT2D eigenvalue weighted by atomic mass is 79.9. The van der Waals surface area contributed by atoms with Crippen LogP contribution in [-0.4, -0.2) is 31.7 Å². The molecule has 0 atom stereocenters. The normalized spacial score (nSPS) is 16.0. The second-order valence-corrected chi connectivity index (χ2v) is 9.07. The highest BCUT2D eigenvalue weighted by Crippen LogP contribution is 2.23. The van der Waals surface area contributed by atoms with E-state index in [0.29, 0.717) is 24.3 Å². The van der Waals surface area contributed by atoms with Gasteiger partial charge in [0.1, 0.15) is 0 Å². The van der Waals surface area contributed by atoms with Crippen molar-refractivity contribution >= 4 is 37.5 Å². The third-order valence-electron chi connectivity index (χ3n) is 4.44. The highest BCUT2D eigenvalue weighted by molar-refractivity contribution is 9.10. The van der Waals surface area contributed by atoms with Crippen LogP contribution in [0.5, 0.6) is 0 Å². The van der Waals surface area contributed by atoms with Gasteiger partial charge in [0.25, 0.3) is 5.91 Å². The van der Waals surface area contributed by atoms with Gasteiger partial charge in [0.05, 0.1) is 10.6 Å². The van der Waals surface area contributed by atoms with Gasteiger partial charge in [-0.05, 0) is 65.2 Å². The maximum atomic E-state index is 12.8. The van der Waals surface area contributed by atoms with E-state index in [1.54, 1.807) is 22.5 Å². The Morgan fingerprint density at radius 1 is 0.923 bits per heavy atom. The van der Waals surface area contributed by atoms with Crippen molar-refractivity contribution in [2.75, 3.05) is 18.4 Å². The Labute approximate surface area is 162 Å². The summed E-state index contributed by atoms with van der Waals surface area (Å²) in [5.74, 6) is -0.282. The largest absolute Gasteiger partial charge is 0.321 e. The van der Waals surface area contributed by atoms with Crippen LogP contribution in [0, 0.1) is 0 Å². The molecule has 0 unspecified atom stereocenters. The predicted molar refractivity (Wildman–Crippen MR) is 106 cm³/mol. The molecule has 138 valence electrons. The van der Waals surface area contributed by atoms with E-state index in [-0.39, 0.29) is 10.8 Å². The lowest BCUT2D eigenvalue weighted by molar-refractivity contribution is 0.102. The number of hydrogen-bond acceptors (Lipinski definition) is 3. The number of hydrogen-bond donors (Lipinski definition) is 1. The van der Waals surface area contributed by atoms with Crippen LogP contribution in [0.2, 0.25) is 0 Å². The average Bonchev–Trinajstić information content (AvgIpc) is 2.94. The minimum atomic E-state index is -3.50. The van der Waals surface area contributed by atoms with Gasteiger partial charge in [-0.3, -0.25) is 4.79 Å². The summed E-state index contributed by atoms with van der Waals surface area (Å²) in [7, 11) is -3.50. The van der Waals surface area contributed by atoms with E-state index in [9.17, 15) is 13.2 Å². The summed E-state index contributed by atoms with van der Waals surface area (Å²) in [6.45, 7) is 1.12. The smallest absolute Gasteiger partial charge is 0.255 e. The zero-order valence-electron chi connectivity index (χ0n) is 14.3. The molecule has 1 saturated heterocycles. The van der Waals surface area contributed by atoms with Gasteiger partial charge in [0, 0.05) is 23.1 Å². The Morgan fingerprint density at radius 3 is 2.15 bits per heavy atom. The number of carbonyl (C=O) groups excluding carboxylic acids is 1. The van der Waals surface area contributed by atoms with Gasteiger partial charge in [-0.15, -0.1) is 0 Å². The van der Waals surface area contributed by atoms with E-state index in [1.165, 1.54) is 12.1 Å². The first-order valence-corrected chi connectivity index (χ1v) is 10.9. The molecule has 0 spiro atoms. The van der Waals surface area contributed by atoms with Crippen LogP contribution in [0.1, 0.15) is 36.0 Å². The van der Waals surface area contributed by atoms with Crippen LogP contribution < -0.4 is 5.32 Å². The first-order chi connectivity index (χ1) is 12.5. The number of halogens is 1. The van der Waals surface area contributed by atoms with Crippen molar-refractivity contribution in [3.05, 3.63) is 58.6 Å². The lowest BCUT2D eigenvalue weighted by Crippen LogP contribution is -2.31. The van der Waals surface area contributed by atoms with E-state index in [4.69, 9.17) is 0 Å². The lowest BCUT2D eigenvalue weighted by Gasteiger charge is -2.20. The Balaban J connectivity index is 1.75. The number of amides is 1. The molecule has 2 aromatic rings. The zero-order chi connectivity index (χ0) is 18.6. The summed E-state index contributed by atoms with van der Waals surface area (Å²) >= 11 is 3.39. The molecule has 5 nitrogen and oxygen atoms in total. The molecule has 1 fully saturated rings. The Hall–Kier alpha value is -1.70. The van der Waals surface area contributed by atoms with Gasteiger partial charge in [-0.25, -0.2) is 8.42 Å². The minimum Gasteiger partial charge on any atom is -0.321 e. The predicted octanol–water partition coefficient (Wildman–Crippen LogP) is 4.27. The molecule has 1 N–H and O–H groups in total. The number of para-hydroxylation sites is 1. The molecule has 1 aliphatic heterocycles. The lowest BCUT2D eigenvalue weighted by atomic mass is 10.2. The fourth-order valence-electron chi connectivity index (χ4n) is 2.97. The molecule has 1 aliphatic rings. The van der Waals surface area contributed by atoms with E-state index in [0.717, 1.165) is 30.2 Å². The summed E-state index contributed by atoms with van der Waals surface area (Å²) in [6.07, 6.45) is 3.93. The second-order valence-electron chi connectivity index (χ2n) is 6.28. The number of sulfonamides is 1. The number of anilines is 1. The molecule has 3 rings (SSSR count). The number of carbonyl (C=O) groups is 1. The Bertz CT molecular complexity index is 874. The summed E-state index contributed by atoms with van der Waals surface area (Å²) in [5, 5.41) is 2.81. The van der Waals surface area contributed by atoms with Gasteiger partial charge in [0.2, 0.25) is 10.0 Å². The molecule has 0 aromatic heterocycles. The van der Waals surface area contributed by atoms with Crippen molar-refractivity contribution in [1.82, 2.24) is 4.31 Å². The molecule has 7 heteroatoms. The van der Waals surface area contributed by atoms with Crippen molar-refractivity contribution in [1.29, 1.82) is 0 Å². The number of nitrogens with one attached hydrogen (secondary N) is 1. The van der Waals surface area contributed by atoms with Crippen molar-refractivity contribution in [3.8, 4) is 0 Å². The van der Waals surface area contributed by atoms with Gasteiger partial charge in [-0.2, -0.15) is 4.31 Å². The van der Waals surface area contributed by atoms with E-state index >= 15 is 0 Å². The highest BCUT2D eigenvalue weighted by Gasteiger charge is 2.25. The first kappa shape index (κ1) is 19.1. The van der Waals surface area contributed by atoms with Crippen molar-refractivity contribution in [2.24, 2.45) is 0 Å². The molecule has 0 saturated carbocycles. The monoisotopic (exact) mass is 436 g/mol.